The minimum absolute atomic E-state index is 0.0579. The number of aryl methyl sites for hydroxylation is 1. The van der Waals surface area contributed by atoms with Crippen LogP contribution in [0.1, 0.15) is 50.3 Å². The van der Waals surface area contributed by atoms with Gasteiger partial charge >= 0.3 is 0 Å². The van der Waals surface area contributed by atoms with Crippen LogP contribution in [-0.4, -0.2) is 41.6 Å². The van der Waals surface area contributed by atoms with Crippen LogP contribution in [-0.2, 0) is 4.79 Å². The normalized spacial score (nSPS) is 11.3. The second-order valence-corrected chi connectivity index (χ2v) is 12.0. The summed E-state index contributed by atoms with van der Waals surface area (Å²) in [4.78, 5) is 31.3. The summed E-state index contributed by atoms with van der Waals surface area (Å²) >= 11 is 3.56. The molecule has 11 heteroatoms. The summed E-state index contributed by atoms with van der Waals surface area (Å²) in [5, 5.41) is 7.58. The van der Waals surface area contributed by atoms with Gasteiger partial charge in [-0.2, -0.15) is 9.78 Å². The highest BCUT2D eigenvalue weighted by Gasteiger charge is 2.19. The molecule has 0 spiro atoms. The second kappa shape index (κ2) is 15.2. The minimum Gasteiger partial charge on any atom is -0.494 e. The van der Waals surface area contributed by atoms with E-state index in [0.29, 0.717) is 51.5 Å². The highest BCUT2D eigenvalue weighted by molar-refractivity contribution is 9.10. The third-order valence-corrected chi connectivity index (χ3v) is 8.14. The van der Waals surface area contributed by atoms with Gasteiger partial charge in [-0.3, -0.25) is 9.59 Å². The van der Waals surface area contributed by atoms with Crippen molar-refractivity contribution in [2.45, 2.75) is 40.5 Å². The number of fused-ring (bicyclic) bond motifs is 1. The molecule has 0 fully saturated rings. The number of nitrogens with zero attached hydrogens (tertiary/aromatic N) is 3. The zero-order chi connectivity index (χ0) is 34.4. The van der Waals surface area contributed by atoms with Crippen molar-refractivity contribution in [3.8, 4) is 28.6 Å². The number of carbonyl (C=O) groups excluding carboxylic acids is 1. The number of nitrogens with one attached hydrogen (secondary N) is 1. The number of hydrogen-bond acceptors (Lipinski definition) is 7. The summed E-state index contributed by atoms with van der Waals surface area (Å²) in [6, 6.07) is 20.4. The lowest BCUT2D eigenvalue weighted by Crippen LogP contribution is -2.21. The Morgan fingerprint density at radius 3 is 2.40 bits per heavy atom. The first-order chi connectivity index (χ1) is 23.1. The van der Waals surface area contributed by atoms with Gasteiger partial charge in [-0.15, -0.1) is 0 Å². The van der Waals surface area contributed by atoms with Crippen LogP contribution in [0.15, 0.2) is 87.2 Å². The molecule has 1 heterocycles. The van der Waals surface area contributed by atoms with Gasteiger partial charge < -0.3 is 19.5 Å². The number of aromatic nitrogens is 2. The van der Waals surface area contributed by atoms with Crippen LogP contribution < -0.4 is 25.1 Å². The quantitative estimate of drug-likeness (QED) is 0.131. The molecular weight excluding hydrogens is 679 g/mol. The van der Waals surface area contributed by atoms with E-state index in [-0.39, 0.29) is 23.8 Å². The van der Waals surface area contributed by atoms with E-state index in [0.717, 1.165) is 22.4 Å². The van der Waals surface area contributed by atoms with E-state index in [1.807, 2.05) is 45.0 Å². The maximum absolute atomic E-state index is 14.0. The summed E-state index contributed by atoms with van der Waals surface area (Å²) in [6.07, 6.45) is 1.54. The van der Waals surface area contributed by atoms with E-state index >= 15 is 0 Å². The first-order valence-electron chi connectivity index (χ1n) is 15.6. The van der Waals surface area contributed by atoms with E-state index in [1.54, 1.807) is 30.3 Å². The van der Waals surface area contributed by atoms with E-state index in [4.69, 9.17) is 19.2 Å². The van der Waals surface area contributed by atoms with Crippen molar-refractivity contribution in [3.63, 3.8) is 0 Å². The Bertz CT molecular complexity index is 2060. The van der Waals surface area contributed by atoms with Crippen molar-refractivity contribution in [3.05, 3.63) is 110 Å². The number of benzene rings is 4. The number of hydrogen-bond donors (Lipinski definition) is 1. The van der Waals surface area contributed by atoms with Crippen LogP contribution in [0, 0.1) is 12.7 Å². The molecule has 0 aliphatic rings. The van der Waals surface area contributed by atoms with Crippen LogP contribution in [0.4, 0.5) is 10.1 Å². The van der Waals surface area contributed by atoms with E-state index in [9.17, 15) is 14.0 Å². The average Bonchev–Trinajstić information content (AvgIpc) is 3.06. The molecule has 0 aliphatic heterocycles. The van der Waals surface area contributed by atoms with E-state index < -0.39 is 11.7 Å². The Kier molecular flexibility index (Phi) is 10.9. The Hall–Kier alpha value is -5.03. The minimum atomic E-state index is -0.547. The molecule has 5 aromatic rings. The fourth-order valence-corrected chi connectivity index (χ4v) is 5.54. The molecule has 1 aromatic heterocycles. The van der Waals surface area contributed by atoms with Crippen molar-refractivity contribution in [1.29, 1.82) is 0 Å². The molecule has 0 aliphatic carbocycles. The van der Waals surface area contributed by atoms with Crippen molar-refractivity contribution >= 4 is 44.6 Å². The smallest absolute Gasteiger partial charge is 0.282 e. The molecule has 9 nitrogen and oxygen atoms in total. The van der Waals surface area contributed by atoms with E-state index in [2.05, 4.69) is 40.2 Å². The van der Waals surface area contributed by atoms with Gasteiger partial charge in [0.15, 0.2) is 23.9 Å². The molecular formula is C37H36BrFN4O5. The van der Waals surface area contributed by atoms with Crippen molar-refractivity contribution in [2.75, 3.05) is 25.1 Å². The van der Waals surface area contributed by atoms with Crippen LogP contribution in [0.25, 0.3) is 22.3 Å². The summed E-state index contributed by atoms with van der Waals surface area (Å²) in [6.45, 7) is 10.4. The number of anilines is 1. The zero-order valence-electron chi connectivity index (χ0n) is 27.3. The molecule has 48 heavy (non-hydrogen) atoms. The van der Waals surface area contributed by atoms with Gasteiger partial charge in [0.2, 0.25) is 0 Å². The average molecular weight is 716 g/mol. The number of carbonyl (C=O) groups is 1. The van der Waals surface area contributed by atoms with Crippen molar-refractivity contribution < 1.29 is 23.4 Å². The Balaban J connectivity index is 1.53. The maximum Gasteiger partial charge on any atom is 0.282 e. The largest absolute Gasteiger partial charge is 0.494 e. The number of rotatable bonds is 12. The fraction of sp³-hybridized carbons (Fsp3) is 0.243. The molecule has 248 valence electrons. The van der Waals surface area contributed by atoms with Crippen LogP contribution in [0.3, 0.4) is 0 Å². The highest BCUT2D eigenvalue weighted by Crippen LogP contribution is 2.35. The Morgan fingerprint density at radius 2 is 1.67 bits per heavy atom. The van der Waals surface area contributed by atoms with E-state index in [1.165, 1.54) is 29.1 Å². The second-order valence-electron chi connectivity index (χ2n) is 11.2. The van der Waals surface area contributed by atoms with Crippen LogP contribution in [0.2, 0.25) is 0 Å². The first-order valence-corrected chi connectivity index (χ1v) is 16.4. The molecule has 0 saturated carbocycles. The maximum atomic E-state index is 14.0. The van der Waals surface area contributed by atoms with Crippen LogP contribution >= 0.6 is 15.9 Å². The number of halogens is 2. The van der Waals surface area contributed by atoms with Gasteiger partial charge in [-0.25, -0.2) is 9.37 Å². The monoisotopic (exact) mass is 714 g/mol. The molecule has 4 aromatic carbocycles. The Morgan fingerprint density at radius 1 is 0.979 bits per heavy atom. The summed E-state index contributed by atoms with van der Waals surface area (Å²) in [5.74, 6) is 0.911. The molecule has 0 radical (unpaired) electrons. The lowest BCUT2D eigenvalue weighted by Gasteiger charge is -2.18. The standard InChI is InChI=1S/C37H36BrFN4O5/c1-6-46-32-16-23(5)27(18-26(32)22(3)4)36-42-30-14-10-8-12-25(30)37(45)43(36)40-20-24-17-33(47-7-2)34(19-28(24)38)48-21-35(44)41-31-15-11-9-13-29(31)39/h8-20,22H,6-7,21H2,1-5H3,(H,41,44). The first kappa shape index (κ1) is 34.3. The summed E-state index contributed by atoms with van der Waals surface area (Å²) < 4.78 is 33.4. The molecule has 1 amide bonds. The third kappa shape index (κ3) is 7.57. The van der Waals surface area contributed by atoms with Gasteiger partial charge in [0.05, 0.1) is 36.0 Å². The molecule has 5 rings (SSSR count). The van der Waals surface area contributed by atoms with Crippen molar-refractivity contribution in [2.24, 2.45) is 5.10 Å². The predicted molar refractivity (Wildman–Crippen MR) is 190 cm³/mol. The Labute approximate surface area is 286 Å². The topological polar surface area (TPSA) is 104 Å². The van der Waals surface area contributed by atoms with Gasteiger partial charge in [0.1, 0.15) is 11.6 Å². The molecule has 0 atom stereocenters. The van der Waals surface area contributed by atoms with Gasteiger partial charge in [-0.1, -0.05) is 38.1 Å². The highest BCUT2D eigenvalue weighted by atomic mass is 79.9. The number of para-hydroxylation sites is 2. The number of ether oxygens (including phenoxy) is 3. The zero-order valence-corrected chi connectivity index (χ0v) is 28.9. The summed E-state index contributed by atoms with van der Waals surface area (Å²) in [7, 11) is 0. The lowest BCUT2D eigenvalue weighted by molar-refractivity contribution is -0.118. The molecule has 0 unspecified atom stereocenters. The summed E-state index contributed by atoms with van der Waals surface area (Å²) in [5.41, 5.74) is 3.51. The molecule has 0 bridgehead atoms. The van der Waals surface area contributed by atoms with Gasteiger partial charge in [0, 0.05) is 15.6 Å². The van der Waals surface area contributed by atoms with Crippen LogP contribution in [0.5, 0.6) is 17.2 Å². The third-order valence-electron chi connectivity index (χ3n) is 7.46. The van der Waals surface area contributed by atoms with Crippen molar-refractivity contribution in [1.82, 2.24) is 9.66 Å². The fourth-order valence-electron chi connectivity index (χ4n) is 5.12. The molecule has 0 saturated heterocycles. The lowest BCUT2D eigenvalue weighted by atomic mass is 9.96. The SMILES string of the molecule is CCOc1cc(C=Nn2c(-c3cc(C(C)C)c(OCC)cc3C)nc3ccccc3c2=O)c(Br)cc1OCC(=O)Nc1ccccc1F. The predicted octanol–water partition coefficient (Wildman–Crippen LogP) is 8.09. The van der Waals surface area contributed by atoms with Gasteiger partial charge in [0.25, 0.3) is 11.5 Å². The molecule has 1 N–H and O–H groups in total. The number of amides is 1. The van der Waals surface area contributed by atoms with Gasteiger partial charge in [-0.05, 0) is 102 Å².